The van der Waals surface area contributed by atoms with Crippen molar-refractivity contribution in [1.82, 2.24) is 5.32 Å². The van der Waals surface area contributed by atoms with E-state index in [0.29, 0.717) is 6.54 Å². The molecule has 2 rings (SSSR count). The van der Waals surface area contributed by atoms with E-state index in [1.807, 2.05) is 66.9 Å². The van der Waals surface area contributed by atoms with E-state index in [9.17, 15) is 4.79 Å². The highest BCUT2D eigenvalue weighted by molar-refractivity contribution is 7.09. The zero-order chi connectivity index (χ0) is 15.8. The second-order valence-electron chi connectivity index (χ2n) is 4.73. The molecule has 0 saturated heterocycles. The summed E-state index contributed by atoms with van der Waals surface area (Å²) < 4.78 is 0. The molecule has 1 heterocycles. The fourth-order valence-corrected chi connectivity index (χ4v) is 2.55. The van der Waals surface area contributed by atoms with Gasteiger partial charge in [0.25, 0.3) is 5.91 Å². The van der Waals surface area contributed by atoms with Crippen LogP contribution in [0.4, 0.5) is 0 Å². The van der Waals surface area contributed by atoms with Crippen LogP contribution in [0.2, 0.25) is 0 Å². The predicted octanol–water partition coefficient (Wildman–Crippen LogP) is 3.92. The molecule has 1 amide bonds. The van der Waals surface area contributed by atoms with Gasteiger partial charge in [-0.3, -0.25) is 4.79 Å². The largest absolute Gasteiger partial charge is 0.347 e. The summed E-state index contributed by atoms with van der Waals surface area (Å²) in [6.45, 7) is 2.31. The Hall–Kier alpha value is -2.64. The number of carbonyl (C=O) groups excluding carboxylic acids is 1. The van der Waals surface area contributed by atoms with Crippen molar-refractivity contribution in [3.8, 4) is 6.07 Å². The number of benzene rings is 1. The third-order valence-corrected chi connectivity index (χ3v) is 3.81. The quantitative estimate of drug-likeness (QED) is 0.517. The number of thiophene rings is 1. The normalized spacial score (nSPS) is 11.8. The van der Waals surface area contributed by atoms with E-state index in [1.54, 1.807) is 17.4 Å². The molecule has 3 nitrogen and oxygen atoms in total. The zero-order valence-corrected chi connectivity index (χ0v) is 13.1. The van der Waals surface area contributed by atoms with Crippen molar-refractivity contribution < 1.29 is 4.79 Å². The van der Waals surface area contributed by atoms with Crippen molar-refractivity contribution in [1.29, 1.82) is 5.26 Å². The monoisotopic (exact) mass is 308 g/mol. The molecular formula is C18H16N2OS. The standard InChI is InChI=1S/C18H16N2OS/c1-14(10-15-6-3-2-4-7-15)11-16(12-19)18(21)20-13-17-8-5-9-22-17/h2-11H,13H2,1H3,(H,20,21)/b14-10+,16-11+. The van der Waals surface area contributed by atoms with E-state index in [-0.39, 0.29) is 11.5 Å². The Labute approximate surface area is 134 Å². The molecule has 0 aliphatic rings. The van der Waals surface area contributed by atoms with Gasteiger partial charge >= 0.3 is 0 Å². The SMILES string of the molecule is CC(=C\c1ccccc1)/C=C(\C#N)C(=O)NCc1cccs1. The summed E-state index contributed by atoms with van der Waals surface area (Å²) in [6.07, 6.45) is 3.54. The van der Waals surface area contributed by atoms with Crippen LogP contribution in [-0.2, 0) is 11.3 Å². The maximum Gasteiger partial charge on any atom is 0.262 e. The molecule has 0 saturated carbocycles. The molecule has 0 aliphatic heterocycles. The summed E-state index contributed by atoms with van der Waals surface area (Å²) in [5, 5.41) is 13.9. The van der Waals surface area contributed by atoms with Gasteiger partial charge in [-0.05, 0) is 35.6 Å². The molecule has 0 unspecified atom stereocenters. The number of carbonyl (C=O) groups is 1. The lowest BCUT2D eigenvalue weighted by molar-refractivity contribution is -0.117. The first kappa shape index (κ1) is 15.7. The summed E-state index contributed by atoms with van der Waals surface area (Å²) >= 11 is 1.57. The average molecular weight is 308 g/mol. The van der Waals surface area contributed by atoms with E-state index in [2.05, 4.69) is 5.32 Å². The highest BCUT2D eigenvalue weighted by Gasteiger charge is 2.08. The van der Waals surface area contributed by atoms with Crippen molar-refractivity contribution in [2.24, 2.45) is 0 Å². The number of hydrogen-bond acceptors (Lipinski definition) is 3. The lowest BCUT2D eigenvalue weighted by Crippen LogP contribution is -2.23. The maximum absolute atomic E-state index is 12.0. The predicted molar refractivity (Wildman–Crippen MR) is 90.0 cm³/mol. The zero-order valence-electron chi connectivity index (χ0n) is 12.2. The van der Waals surface area contributed by atoms with Crippen molar-refractivity contribution in [3.63, 3.8) is 0 Å². The Kier molecular flexibility index (Phi) is 5.70. The third-order valence-electron chi connectivity index (χ3n) is 2.93. The number of nitriles is 1. The fraction of sp³-hybridized carbons (Fsp3) is 0.111. The molecule has 0 aliphatic carbocycles. The van der Waals surface area contributed by atoms with Gasteiger partial charge in [0.1, 0.15) is 11.6 Å². The molecule has 0 bridgehead atoms. The molecule has 1 aromatic carbocycles. The Bertz CT molecular complexity index is 722. The van der Waals surface area contributed by atoms with Crippen LogP contribution < -0.4 is 5.32 Å². The van der Waals surface area contributed by atoms with Gasteiger partial charge in [-0.25, -0.2) is 0 Å². The van der Waals surface area contributed by atoms with Gasteiger partial charge in [0.05, 0.1) is 6.54 Å². The van der Waals surface area contributed by atoms with Crippen LogP contribution in [0.3, 0.4) is 0 Å². The van der Waals surface area contributed by atoms with Gasteiger partial charge in [-0.15, -0.1) is 11.3 Å². The topological polar surface area (TPSA) is 52.9 Å². The Morgan fingerprint density at radius 1 is 1.27 bits per heavy atom. The summed E-state index contributed by atoms with van der Waals surface area (Å²) in [6, 6.07) is 15.6. The van der Waals surface area contributed by atoms with E-state index < -0.39 is 0 Å². The van der Waals surface area contributed by atoms with E-state index in [0.717, 1.165) is 16.0 Å². The molecule has 0 fully saturated rings. The van der Waals surface area contributed by atoms with Gasteiger partial charge in [0.2, 0.25) is 0 Å². The van der Waals surface area contributed by atoms with Gasteiger partial charge in [0, 0.05) is 4.88 Å². The van der Waals surface area contributed by atoms with Gasteiger partial charge in [0.15, 0.2) is 0 Å². The Balaban J connectivity index is 2.05. The first-order valence-electron chi connectivity index (χ1n) is 6.85. The minimum absolute atomic E-state index is 0.112. The molecule has 0 spiro atoms. The molecule has 4 heteroatoms. The van der Waals surface area contributed by atoms with Crippen LogP contribution in [0.15, 0.2) is 65.1 Å². The van der Waals surface area contributed by atoms with Crippen LogP contribution in [0.25, 0.3) is 6.08 Å². The molecule has 2 aromatic rings. The second kappa shape index (κ2) is 7.96. The number of amides is 1. The first-order valence-corrected chi connectivity index (χ1v) is 7.73. The second-order valence-corrected chi connectivity index (χ2v) is 5.76. The summed E-state index contributed by atoms with van der Waals surface area (Å²) in [4.78, 5) is 13.1. The summed E-state index contributed by atoms with van der Waals surface area (Å²) in [5.74, 6) is -0.350. The smallest absolute Gasteiger partial charge is 0.262 e. The van der Waals surface area contributed by atoms with Crippen molar-refractivity contribution in [2.75, 3.05) is 0 Å². The number of hydrogen-bond donors (Lipinski definition) is 1. The van der Waals surface area contributed by atoms with Crippen molar-refractivity contribution in [3.05, 3.63) is 75.5 Å². The third kappa shape index (κ3) is 4.72. The molecule has 110 valence electrons. The molecular weight excluding hydrogens is 292 g/mol. The number of rotatable bonds is 5. The molecule has 1 N–H and O–H groups in total. The number of nitrogens with zero attached hydrogens (tertiary/aromatic N) is 1. The van der Waals surface area contributed by atoms with Crippen LogP contribution in [0, 0.1) is 11.3 Å². The lowest BCUT2D eigenvalue weighted by atomic mass is 10.1. The van der Waals surface area contributed by atoms with E-state index >= 15 is 0 Å². The maximum atomic E-state index is 12.0. The molecule has 1 aromatic heterocycles. The van der Waals surface area contributed by atoms with Gasteiger partial charge < -0.3 is 5.32 Å². The van der Waals surface area contributed by atoms with Gasteiger partial charge in [-0.1, -0.05) is 42.5 Å². The minimum atomic E-state index is -0.350. The first-order chi connectivity index (χ1) is 10.7. The average Bonchev–Trinajstić information content (AvgIpc) is 3.04. The fourth-order valence-electron chi connectivity index (χ4n) is 1.91. The highest BCUT2D eigenvalue weighted by atomic mass is 32.1. The van der Waals surface area contributed by atoms with Crippen LogP contribution in [0.5, 0.6) is 0 Å². The van der Waals surface area contributed by atoms with Crippen molar-refractivity contribution >= 4 is 23.3 Å². The van der Waals surface area contributed by atoms with Crippen LogP contribution in [-0.4, -0.2) is 5.91 Å². The number of allylic oxidation sites excluding steroid dienone is 2. The number of nitrogens with one attached hydrogen (secondary N) is 1. The van der Waals surface area contributed by atoms with Crippen LogP contribution in [0.1, 0.15) is 17.4 Å². The lowest BCUT2D eigenvalue weighted by Gasteiger charge is -2.02. The molecule has 0 atom stereocenters. The summed E-state index contributed by atoms with van der Waals surface area (Å²) in [7, 11) is 0. The summed E-state index contributed by atoms with van der Waals surface area (Å²) in [5.41, 5.74) is 2.00. The molecule has 22 heavy (non-hydrogen) atoms. The van der Waals surface area contributed by atoms with Gasteiger partial charge in [-0.2, -0.15) is 5.26 Å². The Morgan fingerprint density at radius 2 is 2.05 bits per heavy atom. The molecule has 0 radical (unpaired) electrons. The Morgan fingerprint density at radius 3 is 2.68 bits per heavy atom. The van der Waals surface area contributed by atoms with Crippen molar-refractivity contribution in [2.45, 2.75) is 13.5 Å². The highest BCUT2D eigenvalue weighted by Crippen LogP contribution is 2.10. The van der Waals surface area contributed by atoms with Crippen LogP contribution >= 0.6 is 11.3 Å². The van der Waals surface area contributed by atoms with E-state index in [4.69, 9.17) is 5.26 Å². The minimum Gasteiger partial charge on any atom is -0.347 e. The van der Waals surface area contributed by atoms with E-state index in [1.165, 1.54) is 0 Å².